The van der Waals surface area contributed by atoms with Crippen molar-refractivity contribution in [2.45, 2.75) is 32.4 Å². The van der Waals surface area contributed by atoms with E-state index in [1.165, 1.54) is 17.7 Å². The van der Waals surface area contributed by atoms with Crippen LogP contribution in [0.25, 0.3) is 0 Å². The van der Waals surface area contributed by atoms with Gasteiger partial charge >= 0.3 is 0 Å². The highest BCUT2D eigenvalue weighted by molar-refractivity contribution is 9.11. The molecule has 1 N–H and O–H groups in total. The van der Waals surface area contributed by atoms with Gasteiger partial charge in [-0.05, 0) is 47.8 Å². The van der Waals surface area contributed by atoms with E-state index in [0.717, 1.165) is 16.9 Å². The molecule has 1 heterocycles. The summed E-state index contributed by atoms with van der Waals surface area (Å²) in [7, 11) is 0. The lowest BCUT2D eigenvalue weighted by atomic mass is 10.4. The van der Waals surface area contributed by atoms with Crippen molar-refractivity contribution in [3.05, 3.63) is 20.8 Å². The fraction of sp³-hybridized carbons (Fsp3) is 0.583. The number of rotatable bonds is 6. The van der Waals surface area contributed by atoms with Gasteiger partial charge in [-0.3, -0.25) is 4.79 Å². The minimum absolute atomic E-state index is 0.198. The molecule has 0 atom stereocenters. The van der Waals surface area contributed by atoms with Crippen LogP contribution in [0.3, 0.4) is 0 Å². The zero-order valence-corrected chi connectivity index (χ0v) is 12.3. The number of likely N-dealkylation sites (N-methyl/N-ethyl adjacent to an activating group) is 1. The van der Waals surface area contributed by atoms with Crippen molar-refractivity contribution in [3.8, 4) is 0 Å². The van der Waals surface area contributed by atoms with Gasteiger partial charge in [0, 0.05) is 17.5 Å². The minimum atomic E-state index is 0.198. The van der Waals surface area contributed by atoms with E-state index in [2.05, 4.69) is 27.3 Å². The summed E-state index contributed by atoms with van der Waals surface area (Å²) >= 11 is 5.13. The molecule has 1 fully saturated rings. The third-order valence-corrected chi connectivity index (χ3v) is 4.44. The summed E-state index contributed by atoms with van der Waals surface area (Å²) in [5, 5.41) is 3.27. The van der Waals surface area contributed by atoms with E-state index in [9.17, 15) is 4.79 Å². The van der Waals surface area contributed by atoms with Gasteiger partial charge in [-0.1, -0.05) is 0 Å². The summed E-state index contributed by atoms with van der Waals surface area (Å²) in [4.78, 5) is 15.1. The second-order valence-corrected chi connectivity index (χ2v) is 6.82. The van der Waals surface area contributed by atoms with E-state index in [4.69, 9.17) is 0 Å². The van der Waals surface area contributed by atoms with E-state index in [0.29, 0.717) is 12.6 Å². The van der Waals surface area contributed by atoms with Crippen LogP contribution in [0, 0.1) is 0 Å². The molecule has 0 aromatic carbocycles. The number of hydrogen-bond donors (Lipinski definition) is 1. The number of amides is 1. The molecule has 1 amide bonds. The number of carbonyl (C=O) groups is 1. The maximum atomic E-state index is 12.0. The largest absolute Gasteiger partial charge is 0.337 e. The maximum absolute atomic E-state index is 12.0. The Morgan fingerprint density at radius 1 is 1.59 bits per heavy atom. The molecule has 1 saturated carbocycles. The van der Waals surface area contributed by atoms with Gasteiger partial charge in [-0.2, -0.15) is 0 Å². The molecular formula is C12H17BrN2OS. The van der Waals surface area contributed by atoms with Gasteiger partial charge in [0.05, 0.1) is 16.9 Å². The van der Waals surface area contributed by atoms with E-state index in [1.807, 2.05) is 17.9 Å². The van der Waals surface area contributed by atoms with Crippen molar-refractivity contribution in [3.63, 3.8) is 0 Å². The molecule has 2 rings (SSSR count). The normalized spacial score (nSPS) is 14.9. The molecule has 5 heteroatoms. The molecule has 0 aliphatic heterocycles. The average molecular weight is 317 g/mol. The van der Waals surface area contributed by atoms with Crippen molar-refractivity contribution < 1.29 is 4.79 Å². The number of thiophene rings is 1. The highest BCUT2D eigenvalue weighted by Gasteiger charge is 2.22. The summed E-state index contributed by atoms with van der Waals surface area (Å²) in [6.07, 6.45) is 2.44. The van der Waals surface area contributed by atoms with E-state index >= 15 is 0 Å². The molecule has 1 aliphatic rings. The van der Waals surface area contributed by atoms with Gasteiger partial charge in [0.2, 0.25) is 5.91 Å². The lowest BCUT2D eigenvalue weighted by Crippen LogP contribution is -2.38. The third-order valence-electron chi connectivity index (χ3n) is 2.83. The van der Waals surface area contributed by atoms with E-state index < -0.39 is 0 Å². The fourth-order valence-corrected chi connectivity index (χ4v) is 3.13. The first kappa shape index (κ1) is 13.1. The highest BCUT2D eigenvalue weighted by Crippen LogP contribution is 2.23. The maximum Gasteiger partial charge on any atom is 0.236 e. The Balaban J connectivity index is 1.83. The van der Waals surface area contributed by atoms with Gasteiger partial charge in [0.15, 0.2) is 0 Å². The van der Waals surface area contributed by atoms with Crippen LogP contribution in [0.2, 0.25) is 0 Å². The van der Waals surface area contributed by atoms with Crippen LogP contribution >= 0.6 is 27.3 Å². The van der Waals surface area contributed by atoms with Crippen LogP contribution in [-0.2, 0) is 11.3 Å². The molecule has 0 bridgehead atoms. The van der Waals surface area contributed by atoms with Crippen LogP contribution in [0.4, 0.5) is 0 Å². The van der Waals surface area contributed by atoms with Gasteiger partial charge in [0.1, 0.15) is 0 Å². The van der Waals surface area contributed by atoms with Crippen LogP contribution in [0.1, 0.15) is 24.6 Å². The van der Waals surface area contributed by atoms with Crippen LogP contribution in [0.5, 0.6) is 0 Å². The van der Waals surface area contributed by atoms with Crippen LogP contribution in [0.15, 0.2) is 15.9 Å². The van der Waals surface area contributed by atoms with Crippen molar-refractivity contribution in [1.82, 2.24) is 10.2 Å². The van der Waals surface area contributed by atoms with Crippen molar-refractivity contribution in [2.24, 2.45) is 0 Å². The summed E-state index contributed by atoms with van der Waals surface area (Å²) in [6, 6.07) is 4.69. The minimum Gasteiger partial charge on any atom is -0.337 e. The predicted octanol–water partition coefficient (Wildman–Crippen LogP) is 2.61. The fourth-order valence-electron chi connectivity index (χ4n) is 1.63. The van der Waals surface area contributed by atoms with Gasteiger partial charge < -0.3 is 10.2 Å². The molecule has 17 heavy (non-hydrogen) atoms. The molecule has 94 valence electrons. The molecule has 1 aromatic rings. The van der Waals surface area contributed by atoms with Gasteiger partial charge in [-0.25, -0.2) is 0 Å². The first-order valence-corrected chi connectivity index (χ1v) is 7.55. The second kappa shape index (κ2) is 5.98. The Labute approximate surface area is 114 Å². The number of halogens is 1. The Hall–Kier alpha value is -0.390. The predicted molar refractivity (Wildman–Crippen MR) is 74.1 cm³/mol. The molecule has 0 unspecified atom stereocenters. The summed E-state index contributed by atoms with van der Waals surface area (Å²) in [5.74, 6) is 0.198. The zero-order chi connectivity index (χ0) is 12.3. The monoisotopic (exact) mass is 316 g/mol. The van der Waals surface area contributed by atoms with Gasteiger partial charge in [-0.15, -0.1) is 11.3 Å². The Bertz CT molecular complexity index is 390. The highest BCUT2D eigenvalue weighted by atomic mass is 79.9. The third kappa shape index (κ3) is 4.08. The smallest absolute Gasteiger partial charge is 0.236 e. The van der Waals surface area contributed by atoms with Crippen LogP contribution < -0.4 is 5.32 Å². The lowest BCUT2D eigenvalue weighted by Gasteiger charge is -2.20. The van der Waals surface area contributed by atoms with Crippen molar-refractivity contribution >= 4 is 33.2 Å². The lowest BCUT2D eigenvalue weighted by molar-refractivity contribution is -0.130. The first-order valence-electron chi connectivity index (χ1n) is 5.94. The average Bonchev–Trinajstić information content (AvgIpc) is 3.06. The first-order chi connectivity index (χ1) is 8.19. The molecule has 3 nitrogen and oxygen atoms in total. The standard InChI is InChI=1S/C12H17BrN2OS/c1-2-15(8-10-5-6-11(13)17-10)12(16)7-14-9-3-4-9/h5-6,9,14H,2-4,7-8H2,1H3. The van der Waals surface area contributed by atoms with Crippen molar-refractivity contribution in [2.75, 3.05) is 13.1 Å². The Kier molecular flexibility index (Phi) is 4.59. The number of hydrogen-bond acceptors (Lipinski definition) is 3. The molecular weight excluding hydrogens is 300 g/mol. The van der Waals surface area contributed by atoms with Gasteiger partial charge in [0.25, 0.3) is 0 Å². The molecule has 0 radical (unpaired) electrons. The SMILES string of the molecule is CCN(Cc1ccc(Br)s1)C(=O)CNC1CC1. The molecule has 1 aromatic heterocycles. The Morgan fingerprint density at radius 3 is 2.88 bits per heavy atom. The summed E-state index contributed by atoms with van der Waals surface area (Å²) in [6.45, 7) is 3.99. The summed E-state index contributed by atoms with van der Waals surface area (Å²) in [5.41, 5.74) is 0. The number of nitrogens with zero attached hydrogens (tertiary/aromatic N) is 1. The van der Waals surface area contributed by atoms with Crippen molar-refractivity contribution in [1.29, 1.82) is 0 Å². The quantitative estimate of drug-likeness (QED) is 0.875. The summed E-state index contributed by atoms with van der Waals surface area (Å²) < 4.78 is 1.12. The topological polar surface area (TPSA) is 32.3 Å². The molecule has 0 spiro atoms. The zero-order valence-electron chi connectivity index (χ0n) is 9.91. The molecule has 0 saturated heterocycles. The van der Waals surface area contributed by atoms with E-state index in [-0.39, 0.29) is 5.91 Å². The molecule has 1 aliphatic carbocycles. The van der Waals surface area contributed by atoms with Crippen LogP contribution in [-0.4, -0.2) is 29.9 Å². The second-order valence-electron chi connectivity index (χ2n) is 4.27. The van der Waals surface area contributed by atoms with E-state index in [1.54, 1.807) is 11.3 Å². The number of nitrogens with one attached hydrogen (secondary N) is 1. The number of carbonyl (C=O) groups excluding carboxylic acids is 1. The Morgan fingerprint density at radius 2 is 2.35 bits per heavy atom.